The van der Waals surface area contributed by atoms with Crippen molar-refractivity contribution in [1.29, 1.82) is 0 Å². The molecule has 1 atom stereocenters. The van der Waals surface area contributed by atoms with Crippen LogP contribution < -0.4 is 0 Å². The molecule has 2 rings (SSSR count). The summed E-state index contributed by atoms with van der Waals surface area (Å²) in [4.78, 5) is 0. The molecule has 1 fully saturated rings. The number of aromatic nitrogens is 2. The summed E-state index contributed by atoms with van der Waals surface area (Å²) in [6.45, 7) is 7.52. The Hall–Kier alpha value is -0.870. The Kier molecular flexibility index (Phi) is 4.55. The minimum Gasteiger partial charge on any atom is -0.390 e. The van der Waals surface area contributed by atoms with E-state index in [1.807, 2.05) is 17.1 Å². The summed E-state index contributed by atoms with van der Waals surface area (Å²) >= 11 is 0. The molecule has 1 aliphatic carbocycles. The molecule has 0 bridgehead atoms. The van der Waals surface area contributed by atoms with Crippen LogP contribution in [0.2, 0.25) is 0 Å². The standard InChI is InChI=1S/C16H28N2O2/c1-5-18-12-13(11-17-18)10-14(19)16(20-4)8-6-15(2,3)7-9-16/h11-12,14,19H,5-10H2,1-4H3. The maximum Gasteiger partial charge on any atom is 0.0940 e. The average Bonchev–Trinajstić information content (AvgIpc) is 2.87. The van der Waals surface area contributed by atoms with Crippen LogP contribution in [-0.4, -0.2) is 33.7 Å². The highest BCUT2D eigenvalue weighted by Gasteiger charge is 2.43. The molecule has 1 N–H and O–H groups in total. The Bertz CT molecular complexity index is 429. The van der Waals surface area contributed by atoms with Gasteiger partial charge in [0.2, 0.25) is 0 Å². The third-order valence-electron chi connectivity index (χ3n) is 4.90. The molecule has 1 saturated carbocycles. The van der Waals surface area contributed by atoms with Gasteiger partial charge in [0.05, 0.1) is 17.9 Å². The van der Waals surface area contributed by atoms with Crippen molar-refractivity contribution in [1.82, 2.24) is 9.78 Å². The molecule has 1 aromatic rings. The number of hydrogen-bond acceptors (Lipinski definition) is 3. The lowest BCUT2D eigenvalue weighted by molar-refractivity contribution is -0.135. The molecule has 1 aliphatic rings. The van der Waals surface area contributed by atoms with Crippen molar-refractivity contribution in [2.45, 2.75) is 71.1 Å². The molecule has 0 saturated heterocycles. The molecule has 0 aliphatic heterocycles. The van der Waals surface area contributed by atoms with Crippen LogP contribution in [0.5, 0.6) is 0 Å². The SMILES string of the molecule is CCn1cc(CC(O)C2(OC)CCC(C)(C)CC2)cn1. The van der Waals surface area contributed by atoms with Crippen LogP contribution in [0, 0.1) is 5.41 Å². The molecule has 114 valence electrons. The summed E-state index contributed by atoms with van der Waals surface area (Å²) in [6.07, 6.45) is 8.09. The Labute approximate surface area is 122 Å². The van der Waals surface area contributed by atoms with Gasteiger partial charge < -0.3 is 9.84 Å². The van der Waals surface area contributed by atoms with E-state index in [9.17, 15) is 5.11 Å². The summed E-state index contributed by atoms with van der Waals surface area (Å²) < 4.78 is 7.66. The van der Waals surface area contributed by atoms with Gasteiger partial charge in [-0.05, 0) is 43.6 Å². The Morgan fingerprint density at radius 2 is 2.00 bits per heavy atom. The molecule has 4 heteroatoms. The van der Waals surface area contributed by atoms with E-state index in [2.05, 4.69) is 25.9 Å². The number of rotatable bonds is 5. The predicted octanol–water partition coefficient (Wildman–Crippen LogP) is 2.79. The fraction of sp³-hybridized carbons (Fsp3) is 0.812. The molecular formula is C16H28N2O2. The molecule has 0 radical (unpaired) electrons. The van der Waals surface area contributed by atoms with E-state index in [1.54, 1.807) is 7.11 Å². The van der Waals surface area contributed by atoms with E-state index in [0.29, 0.717) is 11.8 Å². The van der Waals surface area contributed by atoms with Gasteiger partial charge in [0, 0.05) is 26.3 Å². The zero-order valence-corrected chi connectivity index (χ0v) is 13.2. The lowest BCUT2D eigenvalue weighted by atomic mass is 9.68. The molecule has 1 heterocycles. The highest BCUT2D eigenvalue weighted by molar-refractivity contribution is 5.09. The van der Waals surface area contributed by atoms with Crippen LogP contribution in [0.15, 0.2) is 12.4 Å². The van der Waals surface area contributed by atoms with Crippen molar-refractivity contribution in [2.24, 2.45) is 5.41 Å². The van der Waals surface area contributed by atoms with E-state index in [0.717, 1.165) is 37.8 Å². The lowest BCUT2D eigenvalue weighted by Gasteiger charge is -2.45. The molecular weight excluding hydrogens is 252 g/mol. The molecule has 4 nitrogen and oxygen atoms in total. The summed E-state index contributed by atoms with van der Waals surface area (Å²) in [5.74, 6) is 0. The average molecular weight is 280 g/mol. The van der Waals surface area contributed by atoms with Crippen LogP contribution in [0.25, 0.3) is 0 Å². The van der Waals surface area contributed by atoms with Gasteiger partial charge in [0.25, 0.3) is 0 Å². The second-order valence-electron chi connectivity index (χ2n) is 6.86. The zero-order chi connectivity index (χ0) is 14.8. The first-order valence-electron chi connectivity index (χ1n) is 7.65. The van der Waals surface area contributed by atoms with Crippen molar-refractivity contribution in [2.75, 3.05) is 7.11 Å². The predicted molar refractivity (Wildman–Crippen MR) is 79.6 cm³/mol. The van der Waals surface area contributed by atoms with Gasteiger partial charge in [-0.15, -0.1) is 0 Å². The van der Waals surface area contributed by atoms with E-state index in [1.165, 1.54) is 0 Å². The third kappa shape index (κ3) is 3.23. The minimum atomic E-state index is -0.460. The summed E-state index contributed by atoms with van der Waals surface area (Å²) in [7, 11) is 1.73. The first-order chi connectivity index (χ1) is 9.41. The van der Waals surface area contributed by atoms with E-state index in [4.69, 9.17) is 4.74 Å². The Morgan fingerprint density at radius 3 is 2.50 bits per heavy atom. The number of ether oxygens (including phenoxy) is 1. The van der Waals surface area contributed by atoms with Crippen molar-refractivity contribution < 1.29 is 9.84 Å². The molecule has 0 spiro atoms. The monoisotopic (exact) mass is 280 g/mol. The van der Waals surface area contributed by atoms with Crippen LogP contribution in [0.4, 0.5) is 0 Å². The van der Waals surface area contributed by atoms with Gasteiger partial charge in [-0.2, -0.15) is 5.10 Å². The maximum atomic E-state index is 10.7. The normalized spacial score (nSPS) is 22.6. The number of aryl methyl sites for hydroxylation is 1. The van der Waals surface area contributed by atoms with Crippen molar-refractivity contribution >= 4 is 0 Å². The third-order valence-corrected chi connectivity index (χ3v) is 4.90. The van der Waals surface area contributed by atoms with Crippen molar-refractivity contribution in [3.63, 3.8) is 0 Å². The summed E-state index contributed by atoms with van der Waals surface area (Å²) in [5, 5.41) is 14.9. The first-order valence-corrected chi connectivity index (χ1v) is 7.65. The lowest BCUT2D eigenvalue weighted by Crippen LogP contribution is -2.49. The van der Waals surface area contributed by atoms with E-state index < -0.39 is 6.10 Å². The van der Waals surface area contributed by atoms with Crippen molar-refractivity contribution in [3.05, 3.63) is 18.0 Å². The van der Waals surface area contributed by atoms with E-state index in [-0.39, 0.29) is 5.60 Å². The quantitative estimate of drug-likeness (QED) is 0.902. The van der Waals surface area contributed by atoms with E-state index >= 15 is 0 Å². The first kappa shape index (κ1) is 15.5. The fourth-order valence-corrected chi connectivity index (χ4v) is 3.12. The fourth-order valence-electron chi connectivity index (χ4n) is 3.12. The number of aliphatic hydroxyl groups excluding tert-OH is 1. The van der Waals surface area contributed by atoms with Crippen LogP contribution in [-0.2, 0) is 17.7 Å². The van der Waals surface area contributed by atoms with Crippen molar-refractivity contribution in [3.8, 4) is 0 Å². The van der Waals surface area contributed by atoms with Crippen LogP contribution in [0.1, 0.15) is 52.0 Å². The van der Waals surface area contributed by atoms with Gasteiger partial charge in [-0.25, -0.2) is 0 Å². The maximum absolute atomic E-state index is 10.7. The van der Waals surface area contributed by atoms with Gasteiger partial charge in [0.1, 0.15) is 0 Å². The zero-order valence-electron chi connectivity index (χ0n) is 13.2. The minimum absolute atomic E-state index is 0.370. The van der Waals surface area contributed by atoms with Gasteiger partial charge in [-0.1, -0.05) is 13.8 Å². The van der Waals surface area contributed by atoms with Gasteiger partial charge in [-0.3, -0.25) is 4.68 Å². The molecule has 20 heavy (non-hydrogen) atoms. The van der Waals surface area contributed by atoms with Gasteiger partial charge in [0.15, 0.2) is 0 Å². The molecule has 1 unspecified atom stereocenters. The largest absolute Gasteiger partial charge is 0.390 e. The number of aliphatic hydroxyl groups is 1. The van der Waals surface area contributed by atoms with Crippen LogP contribution in [0.3, 0.4) is 0 Å². The summed E-state index contributed by atoms with van der Waals surface area (Å²) in [6, 6.07) is 0. The molecule has 1 aromatic heterocycles. The highest BCUT2D eigenvalue weighted by atomic mass is 16.5. The highest BCUT2D eigenvalue weighted by Crippen LogP contribution is 2.43. The van der Waals surface area contributed by atoms with Gasteiger partial charge >= 0.3 is 0 Å². The topological polar surface area (TPSA) is 47.3 Å². The number of methoxy groups -OCH3 is 1. The Morgan fingerprint density at radius 1 is 1.35 bits per heavy atom. The molecule has 0 amide bonds. The Balaban J connectivity index is 2.03. The van der Waals surface area contributed by atoms with Crippen LogP contribution >= 0.6 is 0 Å². The smallest absolute Gasteiger partial charge is 0.0940 e. The number of hydrogen-bond donors (Lipinski definition) is 1. The second-order valence-corrected chi connectivity index (χ2v) is 6.86. The summed E-state index contributed by atoms with van der Waals surface area (Å²) in [5.41, 5.74) is 1.07. The second kappa shape index (κ2) is 5.86. The number of nitrogens with zero attached hydrogens (tertiary/aromatic N) is 2. The molecule has 0 aromatic carbocycles.